The van der Waals surface area contributed by atoms with E-state index in [1.54, 1.807) is 0 Å². The molecule has 2 aliphatic heterocycles. The highest BCUT2D eigenvalue weighted by Gasteiger charge is 2.45. The number of carbonyl (C=O) groups is 2. The van der Waals surface area contributed by atoms with Crippen molar-refractivity contribution in [2.24, 2.45) is 17.8 Å². The number of rotatable bonds is 9. The van der Waals surface area contributed by atoms with Gasteiger partial charge in [-0.2, -0.15) is 23.4 Å². The van der Waals surface area contributed by atoms with Crippen molar-refractivity contribution in [2.75, 3.05) is 19.6 Å². The number of hydrogen-bond acceptors (Lipinski definition) is 7. The Kier molecular flexibility index (Phi) is 9.14. The number of carbonyl (C=O) groups excluding carboxylic acids is 2. The smallest absolute Gasteiger partial charge is 0.355 e. The number of piperidine rings is 1. The number of halogens is 7. The van der Waals surface area contributed by atoms with E-state index in [2.05, 4.69) is 30.8 Å². The van der Waals surface area contributed by atoms with Crippen LogP contribution in [0.3, 0.4) is 0 Å². The monoisotopic (exact) mass is 687 g/mol. The van der Waals surface area contributed by atoms with Crippen molar-refractivity contribution < 1.29 is 40.3 Å². The number of alkyl halides is 7. The van der Waals surface area contributed by atoms with Crippen molar-refractivity contribution >= 4 is 17.6 Å². The van der Waals surface area contributed by atoms with E-state index in [0.29, 0.717) is 6.54 Å². The van der Waals surface area contributed by atoms with Crippen LogP contribution in [0.5, 0.6) is 0 Å². The van der Waals surface area contributed by atoms with Gasteiger partial charge >= 0.3 is 6.18 Å². The summed E-state index contributed by atoms with van der Waals surface area (Å²) in [5.74, 6) is -10.1. The van der Waals surface area contributed by atoms with Crippen molar-refractivity contribution in [3.63, 3.8) is 0 Å². The van der Waals surface area contributed by atoms with E-state index in [9.17, 15) is 40.3 Å². The predicted molar refractivity (Wildman–Crippen MR) is 155 cm³/mol. The maximum absolute atomic E-state index is 14.1. The Labute approximate surface area is 270 Å². The standard InChI is InChI=1S/C30H36F7N9O2/c1-2-45-23(5-9-39-45)26(48)42-24(17-3-6-28(31,32)7-4-17)22-15-46-27(41-22)40-21(14-44-10-8-29(33,34)16-44)20(43-46)12-18-11-19(30(35,36)37)13-38-25(18)47/h5,9,15,17-19,24H,2-4,6-8,10-14,16H2,1H3,(H,38,47)(H,42,48)/t18-,19-,24+/m1/s1. The summed E-state index contributed by atoms with van der Waals surface area (Å²) in [5, 5.41) is 13.9. The van der Waals surface area contributed by atoms with Crippen LogP contribution < -0.4 is 10.6 Å². The first-order valence-corrected chi connectivity index (χ1v) is 16.0. The first-order valence-electron chi connectivity index (χ1n) is 16.0. The fraction of sp³-hybridized carbons (Fsp3) is 0.667. The molecule has 3 aromatic heterocycles. The summed E-state index contributed by atoms with van der Waals surface area (Å²) in [6, 6.07) is 0.696. The van der Waals surface area contributed by atoms with Crippen molar-refractivity contribution in [1.82, 2.24) is 44.9 Å². The molecule has 0 unspecified atom stereocenters. The highest BCUT2D eigenvalue weighted by atomic mass is 19.4. The molecule has 0 radical (unpaired) electrons. The summed E-state index contributed by atoms with van der Waals surface area (Å²) < 4.78 is 99.8. The van der Waals surface area contributed by atoms with Gasteiger partial charge in [0.25, 0.3) is 17.6 Å². The fourth-order valence-electron chi connectivity index (χ4n) is 6.87. The molecule has 0 spiro atoms. The normalized spacial score (nSPS) is 24.1. The zero-order valence-electron chi connectivity index (χ0n) is 26.1. The van der Waals surface area contributed by atoms with Gasteiger partial charge in [0, 0.05) is 64.0 Å². The molecule has 1 saturated carbocycles. The lowest BCUT2D eigenvalue weighted by molar-refractivity contribution is -0.183. The summed E-state index contributed by atoms with van der Waals surface area (Å²) in [4.78, 5) is 36.7. The van der Waals surface area contributed by atoms with Crippen LogP contribution in [0.4, 0.5) is 30.7 Å². The quantitative estimate of drug-likeness (QED) is 0.321. The van der Waals surface area contributed by atoms with Gasteiger partial charge < -0.3 is 10.6 Å². The van der Waals surface area contributed by atoms with Gasteiger partial charge in [0.15, 0.2) is 0 Å². The third-order valence-corrected chi connectivity index (χ3v) is 9.56. The van der Waals surface area contributed by atoms with Gasteiger partial charge in [-0.15, -0.1) is 0 Å². The molecule has 3 aromatic rings. The minimum Gasteiger partial charge on any atom is -0.355 e. The first-order chi connectivity index (χ1) is 22.6. The summed E-state index contributed by atoms with van der Waals surface area (Å²) in [6.07, 6.45) is -3.23. The Morgan fingerprint density at radius 1 is 1.10 bits per heavy atom. The molecule has 3 atom stereocenters. The first kappa shape index (κ1) is 34.0. The SMILES string of the molecule is CCn1nccc1C(=O)N[C@H](c1cn2nc(C[C@H]3C[C@@H](C(F)(F)F)CNC3=O)c(CN3CCC(F)(F)C3)nc2n1)C1CCC(F)(F)CC1. The number of aromatic nitrogens is 6. The Balaban J connectivity index is 1.35. The Morgan fingerprint density at radius 2 is 1.85 bits per heavy atom. The molecule has 0 aromatic carbocycles. The van der Waals surface area contributed by atoms with Gasteiger partial charge in [-0.3, -0.25) is 19.2 Å². The van der Waals surface area contributed by atoms with Crippen molar-refractivity contribution in [3.8, 4) is 0 Å². The Morgan fingerprint density at radius 3 is 2.52 bits per heavy atom. The van der Waals surface area contributed by atoms with Gasteiger partial charge in [0.05, 0.1) is 41.8 Å². The van der Waals surface area contributed by atoms with Gasteiger partial charge in [-0.05, 0) is 38.2 Å². The molecule has 48 heavy (non-hydrogen) atoms. The van der Waals surface area contributed by atoms with Crippen molar-refractivity contribution in [2.45, 2.75) is 89.0 Å². The van der Waals surface area contributed by atoms with Crippen LogP contribution in [-0.4, -0.2) is 83.7 Å². The van der Waals surface area contributed by atoms with Crippen LogP contribution in [0.15, 0.2) is 18.5 Å². The zero-order valence-corrected chi connectivity index (χ0v) is 26.1. The molecule has 262 valence electrons. The average Bonchev–Trinajstić information content (AvgIpc) is 3.74. The van der Waals surface area contributed by atoms with Crippen molar-refractivity contribution in [1.29, 1.82) is 0 Å². The van der Waals surface area contributed by atoms with E-state index in [1.807, 2.05) is 6.92 Å². The maximum Gasteiger partial charge on any atom is 0.393 e. The van der Waals surface area contributed by atoms with E-state index in [-0.39, 0.29) is 80.2 Å². The Bertz CT molecular complexity index is 1650. The third-order valence-electron chi connectivity index (χ3n) is 9.56. The van der Waals surface area contributed by atoms with Crippen LogP contribution in [0.1, 0.15) is 79.1 Å². The molecule has 0 bridgehead atoms. The molecule has 1 aliphatic carbocycles. The number of fused-ring (bicyclic) bond motifs is 1. The van der Waals surface area contributed by atoms with Crippen LogP contribution in [0, 0.1) is 17.8 Å². The molecular formula is C30H36F7N9O2. The minimum absolute atomic E-state index is 0.0231. The lowest BCUT2D eigenvalue weighted by Crippen LogP contribution is -2.47. The number of hydrogen-bond donors (Lipinski definition) is 2. The molecule has 3 fully saturated rings. The molecule has 5 heterocycles. The number of amides is 2. The number of imidazole rings is 1. The second-order valence-electron chi connectivity index (χ2n) is 13.0. The predicted octanol–water partition coefficient (Wildman–Crippen LogP) is 4.34. The van der Waals surface area contributed by atoms with Crippen LogP contribution in [0.2, 0.25) is 0 Å². The molecule has 18 heteroatoms. The highest BCUT2D eigenvalue weighted by Crippen LogP contribution is 2.41. The molecule has 6 rings (SSSR count). The van der Waals surface area contributed by atoms with E-state index in [0.717, 1.165) is 0 Å². The topological polar surface area (TPSA) is 122 Å². The molecule has 2 saturated heterocycles. The molecule has 2 N–H and O–H groups in total. The highest BCUT2D eigenvalue weighted by molar-refractivity contribution is 5.92. The number of nitrogens with zero attached hydrogens (tertiary/aromatic N) is 7. The second kappa shape index (κ2) is 12.9. The summed E-state index contributed by atoms with van der Waals surface area (Å²) in [5.41, 5.74) is 0.862. The van der Waals surface area contributed by atoms with Gasteiger partial charge in [-0.25, -0.2) is 32.0 Å². The molecular weight excluding hydrogens is 651 g/mol. The maximum atomic E-state index is 14.1. The van der Waals surface area contributed by atoms with Gasteiger partial charge in [0.1, 0.15) is 5.69 Å². The number of nitrogens with one attached hydrogen (secondary N) is 2. The lowest BCUT2D eigenvalue weighted by atomic mass is 9.81. The third kappa shape index (κ3) is 7.42. The van der Waals surface area contributed by atoms with E-state index >= 15 is 0 Å². The van der Waals surface area contributed by atoms with Gasteiger partial charge in [0.2, 0.25) is 11.8 Å². The van der Waals surface area contributed by atoms with Crippen LogP contribution in [-0.2, 0) is 24.3 Å². The minimum atomic E-state index is -4.53. The lowest BCUT2D eigenvalue weighted by Gasteiger charge is -2.33. The van der Waals surface area contributed by atoms with Crippen molar-refractivity contribution in [3.05, 3.63) is 41.2 Å². The zero-order chi connectivity index (χ0) is 34.4. The molecule has 2 amide bonds. The van der Waals surface area contributed by atoms with E-state index in [1.165, 1.54) is 32.6 Å². The summed E-state index contributed by atoms with van der Waals surface area (Å²) >= 11 is 0. The van der Waals surface area contributed by atoms with Gasteiger partial charge in [-0.1, -0.05) is 0 Å². The fourth-order valence-corrected chi connectivity index (χ4v) is 6.87. The molecule has 3 aliphatic rings. The molecule has 11 nitrogen and oxygen atoms in total. The summed E-state index contributed by atoms with van der Waals surface area (Å²) in [6.45, 7) is 1.08. The van der Waals surface area contributed by atoms with E-state index < -0.39 is 73.1 Å². The van der Waals surface area contributed by atoms with E-state index in [4.69, 9.17) is 0 Å². The van der Waals surface area contributed by atoms with Crippen LogP contribution >= 0.6 is 0 Å². The Hall–Kier alpha value is -3.83. The number of aryl methyl sites for hydroxylation is 1. The average molecular weight is 688 g/mol. The number of likely N-dealkylation sites (tertiary alicyclic amines) is 1. The summed E-state index contributed by atoms with van der Waals surface area (Å²) in [7, 11) is 0. The largest absolute Gasteiger partial charge is 0.393 e. The second-order valence-corrected chi connectivity index (χ2v) is 13.0. The van der Waals surface area contributed by atoms with Crippen LogP contribution in [0.25, 0.3) is 5.78 Å².